The average Bonchev–Trinajstić information content (AvgIpc) is 3.35. The molecule has 0 aliphatic carbocycles. The van der Waals surface area contributed by atoms with Crippen LogP contribution in [-0.4, -0.2) is 37.2 Å². The summed E-state index contributed by atoms with van der Waals surface area (Å²) in [4.78, 5) is 38.0. The van der Waals surface area contributed by atoms with Crippen LogP contribution in [0.2, 0.25) is 0 Å². The maximum Gasteiger partial charge on any atom is 0.310 e. The van der Waals surface area contributed by atoms with Crippen LogP contribution in [0.4, 0.5) is 0 Å². The van der Waals surface area contributed by atoms with Gasteiger partial charge in [0.25, 0.3) is 0 Å². The second-order valence-electron chi connectivity index (χ2n) is 19.2. The Morgan fingerprint density at radius 1 is 0.319 bits per heavy atom. The first-order chi connectivity index (χ1) is 34.0. The molecule has 0 radical (unpaired) electrons. The first-order valence-corrected chi connectivity index (χ1v) is 29.1. The summed E-state index contributed by atoms with van der Waals surface area (Å²) >= 11 is 0. The summed E-state index contributed by atoms with van der Waals surface area (Å²) in [6.45, 7) is 6.43. The average molecular weight is 962 g/mol. The molecule has 0 saturated carbocycles. The standard InChI is InChI=1S/C63H108O6/c1-4-7-10-13-16-19-22-25-27-28-29-30-31-32-33-34-36-38-41-44-47-50-53-56-62(65)68-59-60(58-67-61(64)55-52-49-46-43-40-37-24-21-18-15-12-9-6-3)69-63(66)57-54-51-48-45-42-39-35-26-23-20-17-14-11-8-5-2/h8,11,17,20-21,24,26,28-29,35,42,45,51,54,60H,4-7,9-10,12-16,18-19,22-23,25,27,30-34,36-41,43-44,46-50,52-53,55-59H2,1-3H3/b11-8-,20-17-,24-21-,29-28-,35-26-,45-42-,54-51-. The van der Waals surface area contributed by atoms with E-state index >= 15 is 0 Å². The van der Waals surface area contributed by atoms with Gasteiger partial charge in [0.15, 0.2) is 6.10 Å². The largest absolute Gasteiger partial charge is 0.462 e. The molecular formula is C63H108O6. The molecule has 0 bridgehead atoms. The highest BCUT2D eigenvalue weighted by atomic mass is 16.6. The van der Waals surface area contributed by atoms with Crippen LogP contribution in [0.15, 0.2) is 85.1 Å². The van der Waals surface area contributed by atoms with E-state index in [1.54, 1.807) is 6.08 Å². The number of allylic oxidation sites excluding steroid dienone is 13. The van der Waals surface area contributed by atoms with E-state index in [1.807, 2.05) is 6.08 Å². The van der Waals surface area contributed by atoms with E-state index in [4.69, 9.17) is 14.2 Å². The predicted octanol–water partition coefficient (Wildman–Crippen LogP) is 19.5. The topological polar surface area (TPSA) is 78.9 Å². The Labute approximate surface area is 426 Å². The highest BCUT2D eigenvalue weighted by Crippen LogP contribution is 2.15. The van der Waals surface area contributed by atoms with Crippen molar-refractivity contribution in [2.75, 3.05) is 13.2 Å². The summed E-state index contributed by atoms with van der Waals surface area (Å²) in [5.41, 5.74) is 0. The molecular weight excluding hydrogens is 853 g/mol. The van der Waals surface area contributed by atoms with E-state index in [-0.39, 0.29) is 31.6 Å². The van der Waals surface area contributed by atoms with Crippen LogP contribution < -0.4 is 0 Å². The van der Waals surface area contributed by atoms with E-state index in [2.05, 4.69) is 93.7 Å². The molecule has 0 aromatic heterocycles. The first-order valence-electron chi connectivity index (χ1n) is 29.1. The Hall–Kier alpha value is -3.41. The minimum atomic E-state index is -0.834. The Bertz CT molecular complexity index is 1330. The number of carbonyl (C=O) groups excluding carboxylic acids is 3. The van der Waals surface area contributed by atoms with Crippen LogP contribution in [0.1, 0.15) is 278 Å². The van der Waals surface area contributed by atoms with E-state index in [9.17, 15) is 14.4 Å². The van der Waals surface area contributed by atoms with E-state index < -0.39 is 12.1 Å². The van der Waals surface area contributed by atoms with Crippen molar-refractivity contribution in [3.05, 3.63) is 85.1 Å². The molecule has 1 unspecified atom stereocenters. The van der Waals surface area contributed by atoms with Gasteiger partial charge in [-0.2, -0.15) is 0 Å². The summed E-state index contributed by atoms with van der Waals surface area (Å²) in [7, 11) is 0. The molecule has 0 aliphatic rings. The molecule has 0 amide bonds. The van der Waals surface area contributed by atoms with Crippen molar-refractivity contribution in [3.8, 4) is 0 Å². The van der Waals surface area contributed by atoms with E-state index in [1.165, 1.54) is 154 Å². The Balaban J connectivity index is 4.39. The molecule has 69 heavy (non-hydrogen) atoms. The molecule has 6 nitrogen and oxygen atoms in total. The Kier molecular flexibility index (Phi) is 54.3. The highest BCUT2D eigenvalue weighted by Gasteiger charge is 2.19. The third kappa shape index (κ3) is 55.4. The van der Waals surface area contributed by atoms with Gasteiger partial charge in [-0.15, -0.1) is 0 Å². The van der Waals surface area contributed by atoms with Crippen LogP contribution in [0.3, 0.4) is 0 Å². The number of carbonyl (C=O) groups is 3. The molecule has 0 aromatic carbocycles. The number of esters is 3. The van der Waals surface area contributed by atoms with Crippen molar-refractivity contribution in [2.45, 2.75) is 284 Å². The summed E-state index contributed by atoms with van der Waals surface area (Å²) in [6.07, 6.45) is 74.7. The fraction of sp³-hybridized carbons (Fsp3) is 0.730. The van der Waals surface area contributed by atoms with Crippen molar-refractivity contribution >= 4 is 17.9 Å². The van der Waals surface area contributed by atoms with Gasteiger partial charge in [-0.05, 0) is 96.3 Å². The summed E-state index contributed by atoms with van der Waals surface area (Å²) in [5.74, 6) is -1.05. The van der Waals surface area contributed by atoms with Crippen molar-refractivity contribution in [2.24, 2.45) is 0 Å². The van der Waals surface area contributed by atoms with Gasteiger partial charge in [-0.25, -0.2) is 0 Å². The minimum absolute atomic E-state index is 0.0952. The second-order valence-corrected chi connectivity index (χ2v) is 19.2. The van der Waals surface area contributed by atoms with Gasteiger partial charge < -0.3 is 14.2 Å². The highest BCUT2D eigenvalue weighted by molar-refractivity contribution is 5.72. The molecule has 0 heterocycles. The monoisotopic (exact) mass is 961 g/mol. The molecule has 0 rings (SSSR count). The Morgan fingerprint density at radius 2 is 0.609 bits per heavy atom. The predicted molar refractivity (Wildman–Crippen MR) is 297 cm³/mol. The third-order valence-electron chi connectivity index (χ3n) is 12.4. The van der Waals surface area contributed by atoms with Crippen molar-refractivity contribution < 1.29 is 28.6 Å². The lowest BCUT2D eigenvalue weighted by atomic mass is 10.0. The van der Waals surface area contributed by atoms with Crippen LogP contribution in [0.25, 0.3) is 0 Å². The zero-order valence-electron chi connectivity index (χ0n) is 45.3. The fourth-order valence-corrected chi connectivity index (χ4v) is 8.04. The lowest BCUT2D eigenvalue weighted by molar-refractivity contribution is -0.166. The molecule has 0 fully saturated rings. The van der Waals surface area contributed by atoms with Crippen LogP contribution in [0, 0.1) is 0 Å². The number of rotatable bonds is 52. The zero-order valence-corrected chi connectivity index (χ0v) is 45.3. The van der Waals surface area contributed by atoms with Gasteiger partial charge in [0, 0.05) is 12.8 Å². The lowest BCUT2D eigenvalue weighted by Crippen LogP contribution is -2.30. The number of ether oxygens (including phenoxy) is 3. The summed E-state index contributed by atoms with van der Waals surface area (Å²) < 4.78 is 16.7. The summed E-state index contributed by atoms with van der Waals surface area (Å²) in [5, 5.41) is 0. The molecule has 0 spiro atoms. The molecule has 0 N–H and O–H groups in total. The SMILES string of the molecule is CC/C=C\C/C=C\C/C=C\C/C=C\C/C=C\CC(=O)OC(COC(=O)CCCCCCC/C=C\CCCCCC)COC(=O)CCCCCCCCCCCCC/C=C\CCCCCCCCCC. The maximum atomic E-state index is 12.8. The van der Waals surface area contributed by atoms with E-state index in [0.717, 1.165) is 83.5 Å². The number of unbranched alkanes of at least 4 members (excludes halogenated alkanes) is 28. The van der Waals surface area contributed by atoms with Gasteiger partial charge in [-0.1, -0.05) is 247 Å². The third-order valence-corrected chi connectivity index (χ3v) is 12.4. The van der Waals surface area contributed by atoms with Crippen molar-refractivity contribution in [1.82, 2.24) is 0 Å². The summed E-state index contributed by atoms with van der Waals surface area (Å²) in [6, 6.07) is 0. The van der Waals surface area contributed by atoms with Crippen LogP contribution >= 0.6 is 0 Å². The van der Waals surface area contributed by atoms with E-state index in [0.29, 0.717) is 12.8 Å². The van der Waals surface area contributed by atoms with Crippen LogP contribution in [-0.2, 0) is 28.6 Å². The van der Waals surface area contributed by atoms with Crippen LogP contribution in [0.5, 0.6) is 0 Å². The van der Waals surface area contributed by atoms with Gasteiger partial charge in [-0.3, -0.25) is 14.4 Å². The normalized spacial score (nSPS) is 12.7. The van der Waals surface area contributed by atoms with Gasteiger partial charge >= 0.3 is 17.9 Å². The Morgan fingerprint density at radius 3 is 0.957 bits per heavy atom. The first kappa shape index (κ1) is 65.6. The molecule has 0 aliphatic heterocycles. The van der Waals surface area contributed by atoms with Gasteiger partial charge in [0.1, 0.15) is 13.2 Å². The van der Waals surface area contributed by atoms with Gasteiger partial charge in [0.05, 0.1) is 6.42 Å². The second kappa shape index (κ2) is 57.2. The number of hydrogen-bond donors (Lipinski definition) is 0. The maximum absolute atomic E-state index is 12.8. The smallest absolute Gasteiger partial charge is 0.310 e. The molecule has 6 heteroatoms. The number of hydrogen-bond acceptors (Lipinski definition) is 6. The van der Waals surface area contributed by atoms with Gasteiger partial charge in [0.2, 0.25) is 0 Å². The quantitative estimate of drug-likeness (QED) is 0.0262. The lowest BCUT2D eigenvalue weighted by Gasteiger charge is -2.18. The van der Waals surface area contributed by atoms with Crippen molar-refractivity contribution in [3.63, 3.8) is 0 Å². The molecule has 1 atom stereocenters. The zero-order chi connectivity index (χ0) is 50.0. The molecule has 0 saturated heterocycles. The molecule has 396 valence electrons. The fourth-order valence-electron chi connectivity index (χ4n) is 8.04. The minimum Gasteiger partial charge on any atom is -0.462 e. The van der Waals surface area contributed by atoms with Crippen molar-refractivity contribution in [1.29, 1.82) is 0 Å². The molecule has 0 aromatic rings.